The topological polar surface area (TPSA) is 77.2 Å². The number of aromatic nitrogens is 2. The number of methoxy groups -OCH3 is 1. The molecule has 0 saturated carbocycles. The molecule has 1 amide bonds. The second kappa shape index (κ2) is 8.19. The van der Waals surface area contributed by atoms with E-state index >= 15 is 0 Å². The first-order chi connectivity index (χ1) is 11.4. The molecule has 0 radical (unpaired) electrons. The highest BCUT2D eigenvalue weighted by Crippen LogP contribution is 2.19. The molecule has 7 heteroatoms. The summed E-state index contributed by atoms with van der Waals surface area (Å²) in [6.45, 7) is 6.03. The lowest BCUT2D eigenvalue weighted by molar-refractivity contribution is -0.120. The third-order valence-electron chi connectivity index (χ3n) is 3.65. The van der Waals surface area contributed by atoms with Crippen LogP contribution in [0.2, 0.25) is 0 Å². The molecule has 0 fully saturated rings. The maximum absolute atomic E-state index is 11.9. The van der Waals surface area contributed by atoms with Gasteiger partial charge in [-0.3, -0.25) is 4.79 Å². The van der Waals surface area contributed by atoms with E-state index in [1.54, 1.807) is 7.11 Å². The number of ether oxygens (including phenoxy) is 1. The molecule has 1 aromatic heterocycles. The smallest absolute Gasteiger partial charge is 0.277 e. The van der Waals surface area contributed by atoms with E-state index < -0.39 is 0 Å². The summed E-state index contributed by atoms with van der Waals surface area (Å²) in [5.74, 6) is 1.55. The zero-order chi connectivity index (χ0) is 17.6. The zero-order valence-electron chi connectivity index (χ0n) is 14.5. The molecular formula is C17H23N3O3S. The molecule has 130 valence electrons. The van der Waals surface area contributed by atoms with Crippen molar-refractivity contribution in [2.75, 3.05) is 12.9 Å². The van der Waals surface area contributed by atoms with Gasteiger partial charge in [0.25, 0.3) is 5.22 Å². The van der Waals surface area contributed by atoms with Crippen LogP contribution < -0.4 is 10.1 Å². The Labute approximate surface area is 146 Å². The molecule has 6 nitrogen and oxygen atoms in total. The molecule has 2 rings (SSSR count). The van der Waals surface area contributed by atoms with E-state index in [-0.39, 0.29) is 17.2 Å². The van der Waals surface area contributed by atoms with Crippen molar-refractivity contribution >= 4 is 17.7 Å². The van der Waals surface area contributed by atoms with Gasteiger partial charge in [-0.25, -0.2) is 0 Å². The Kier molecular flexibility index (Phi) is 6.25. The number of benzene rings is 1. The molecule has 0 spiro atoms. The van der Waals surface area contributed by atoms with Crippen molar-refractivity contribution < 1.29 is 13.9 Å². The molecule has 0 aliphatic rings. The maximum atomic E-state index is 11.9. The van der Waals surface area contributed by atoms with E-state index in [2.05, 4.69) is 15.5 Å². The fraction of sp³-hybridized carbons (Fsp3) is 0.471. The van der Waals surface area contributed by atoms with E-state index in [1.165, 1.54) is 11.8 Å². The van der Waals surface area contributed by atoms with E-state index in [0.29, 0.717) is 17.5 Å². The predicted octanol–water partition coefficient (Wildman–Crippen LogP) is 3.07. The highest BCUT2D eigenvalue weighted by Gasteiger charge is 2.18. The van der Waals surface area contributed by atoms with Gasteiger partial charge in [0.05, 0.1) is 19.3 Å². The SMILES string of the molecule is CCC(C)(C)NC(=O)CSc1nnc(Cc2ccc(OC)cc2)o1. The second-order valence-electron chi connectivity index (χ2n) is 6.06. The van der Waals surface area contributed by atoms with Gasteiger partial charge in [0, 0.05) is 5.54 Å². The summed E-state index contributed by atoms with van der Waals surface area (Å²) >= 11 is 1.24. The number of carbonyl (C=O) groups excluding carboxylic acids is 1. The Hall–Kier alpha value is -2.02. The molecule has 0 atom stereocenters. The standard InChI is InChI=1S/C17H23N3O3S/c1-5-17(2,3)18-14(21)11-24-16-20-19-15(23-16)10-12-6-8-13(22-4)9-7-12/h6-9H,5,10-11H2,1-4H3,(H,18,21). The summed E-state index contributed by atoms with van der Waals surface area (Å²) in [6, 6.07) is 7.69. The number of carbonyl (C=O) groups is 1. The highest BCUT2D eigenvalue weighted by atomic mass is 32.2. The van der Waals surface area contributed by atoms with E-state index in [0.717, 1.165) is 17.7 Å². The molecular weight excluding hydrogens is 326 g/mol. The predicted molar refractivity (Wildman–Crippen MR) is 93.3 cm³/mol. The Morgan fingerprint density at radius 1 is 1.29 bits per heavy atom. The maximum Gasteiger partial charge on any atom is 0.277 e. The molecule has 24 heavy (non-hydrogen) atoms. The fourth-order valence-corrected chi connectivity index (χ4v) is 2.50. The van der Waals surface area contributed by atoms with Gasteiger partial charge in [-0.2, -0.15) is 0 Å². The van der Waals surface area contributed by atoms with Crippen LogP contribution in [0.4, 0.5) is 0 Å². The van der Waals surface area contributed by atoms with Crippen LogP contribution in [0.15, 0.2) is 33.9 Å². The monoisotopic (exact) mass is 349 g/mol. The highest BCUT2D eigenvalue weighted by molar-refractivity contribution is 7.99. The summed E-state index contributed by atoms with van der Waals surface area (Å²) in [4.78, 5) is 11.9. The van der Waals surface area contributed by atoms with Gasteiger partial charge in [0.15, 0.2) is 0 Å². The average molecular weight is 349 g/mol. The summed E-state index contributed by atoms with van der Waals surface area (Å²) in [6.07, 6.45) is 1.42. The molecule has 0 unspecified atom stereocenters. The molecule has 0 aliphatic heterocycles. The van der Waals surface area contributed by atoms with Crippen molar-refractivity contribution in [1.29, 1.82) is 0 Å². The Bertz CT molecular complexity index is 668. The van der Waals surface area contributed by atoms with Crippen LogP contribution in [0.25, 0.3) is 0 Å². The minimum absolute atomic E-state index is 0.0400. The minimum Gasteiger partial charge on any atom is -0.497 e. The van der Waals surface area contributed by atoms with Gasteiger partial charge in [0.1, 0.15) is 5.75 Å². The van der Waals surface area contributed by atoms with Crippen molar-refractivity contribution in [3.8, 4) is 5.75 Å². The van der Waals surface area contributed by atoms with Crippen LogP contribution in [0.1, 0.15) is 38.6 Å². The van der Waals surface area contributed by atoms with Crippen LogP contribution in [0, 0.1) is 0 Å². The van der Waals surface area contributed by atoms with Crippen molar-refractivity contribution in [3.63, 3.8) is 0 Å². The minimum atomic E-state index is -0.202. The number of hydrogen-bond donors (Lipinski definition) is 1. The lowest BCUT2D eigenvalue weighted by atomic mass is 10.0. The first-order valence-corrected chi connectivity index (χ1v) is 8.79. The van der Waals surface area contributed by atoms with Crippen LogP contribution in [-0.2, 0) is 11.2 Å². The molecule has 1 aromatic carbocycles. The quantitative estimate of drug-likeness (QED) is 0.738. The van der Waals surface area contributed by atoms with E-state index in [9.17, 15) is 4.79 Å². The van der Waals surface area contributed by atoms with Gasteiger partial charge in [-0.15, -0.1) is 10.2 Å². The summed E-state index contributed by atoms with van der Waals surface area (Å²) in [7, 11) is 1.63. The summed E-state index contributed by atoms with van der Waals surface area (Å²) < 4.78 is 10.7. The number of hydrogen-bond acceptors (Lipinski definition) is 6. The molecule has 1 N–H and O–H groups in total. The zero-order valence-corrected chi connectivity index (χ0v) is 15.3. The lowest BCUT2D eigenvalue weighted by Gasteiger charge is -2.24. The lowest BCUT2D eigenvalue weighted by Crippen LogP contribution is -2.43. The third-order valence-corrected chi connectivity index (χ3v) is 4.47. The van der Waals surface area contributed by atoms with Crippen LogP contribution in [0.3, 0.4) is 0 Å². The van der Waals surface area contributed by atoms with Gasteiger partial charge in [0.2, 0.25) is 11.8 Å². The van der Waals surface area contributed by atoms with Crippen LogP contribution in [-0.4, -0.2) is 34.5 Å². The van der Waals surface area contributed by atoms with E-state index in [4.69, 9.17) is 9.15 Å². The molecule has 1 heterocycles. The molecule has 0 bridgehead atoms. The summed E-state index contributed by atoms with van der Waals surface area (Å²) in [5.41, 5.74) is 0.852. The Morgan fingerprint density at radius 2 is 2.00 bits per heavy atom. The van der Waals surface area contributed by atoms with Gasteiger partial charge < -0.3 is 14.5 Å². The number of thioether (sulfide) groups is 1. The third kappa shape index (κ3) is 5.56. The first-order valence-electron chi connectivity index (χ1n) is 7.81. The van der Waals surface area contributed by atoms with Crippen molar-refractivity contribution in [2.45, 2.75) is 44.4 Å². The summed E-state index contributed by atoms with van der Waals surface area (Å²) in [5, 5.41) is 11.4. The first kappa shape index (κ1) is 18.3. The van der Waals surface area contributed by atoms with Gasteiger partial charge in [-0.1, -0.05) is 30.8 Å². The number of rotatable bonds is 8. The number of amides is 1. The number of nitrogens with zero attached hydrogens (tertiary/aromatic N) is 2. The van der Waals surface area contributed by atoms with Crippen molar-refractivity contribution in [3.05, 3.63) is 35.7 Å². The average Bonchev–Trinajstić information content (AvgIpc) is 3.01. The van der Waals surface area contributed by atoms with Gasteiger partial charge >= 0.3 is 0 Å². The largest absolute Gasteiger partial charge is 0.497 e. The Morgan fingerprint density at radius 3 is 2.62 bits per heavy atom. The van der Waals surface area contributed by atoms with Gasteiger partial charge in [-0.05, 0) is 38.0 Å². The van der Waals surface area contributed by atoms with Crippen molar-refractivity contribution in [1.82, 2.24) is 15.5 Å². The fourth-order valence-electron chi connectivity index (χ4n) is 1.92. The second-order valence-corrected chi connectivity index (χ2v) is 6.99. The molecule has 0 saturated heterocycles. The van der Waals surface area contributed by atoms with Crippen molar-refractivity contribution in [2.24, 2.45) is 0 Å². The number of nitrogens with one attached hydrogen (secondary N) is 1. The van der Waals surface area contributed by atoms with E-state index in [1.807, 2.05) is 45.0 Å². The normalized spacial score (nSPS) is 11.3. The van der Waals surface area contributed by atoms with Crippen LogP contribution >= 0.6 is 11.8 Å². The molecule has 0 aliphatic carbocycles. The Balaban J connectivity index is 1.85. The van der Waals surface area contributed by atoms with Crippen LogP contribution in [0.5, 0.6) is 5.75 Å². The molecule has 2 aromatic rings.